The topological polar surface area (TPSA) is 81.4 Å². The van der Waals surface area contributed by atoms with E-state index in [9.17, 15) is 13.5 Å². The van der Waals surface area contributed by atoms with Crippen LogP contribution in [0.1, 0.15) is 17.2 Å². The van der Waals surface area contributed by atoms with Crippen molar-refractivity contribution in [2.45, 2.75) is 24.0 Å². The molecule has 6 nitrogen and oxygen atoms in total. The van der Waals surface area contributed by atoms with E-state index in [0.29, 0.717) is 10.7 Å². The molecule has 4 aromatic rings. The molecule has 4 rings (SSSR count). The second-order valence-corrected chi connectivity index (χ2v) is 9.21. The number of benzene rings is 2. The first-order valence-electron chi connectivity index (χ1n) is 9.67. The van der Waals surface area contributed by atoms with Gasteiger partial charge < -0.3 is 9.67 Å². The summed E-state index contributed by atoms with van der Waals surface area (Å²) in [5.74, 6) is 0. The van der Waals surface area contributed by atoms with Gasteiger partial charge in [0.2, 0.25) is 0 Å². The molecule has 31 heavy (non-hydrogen) atoms. The van der Waals surface area contributed by atoms with Gasteiger partial charge in [-0.25, -0.2) is 4.98 Å². The fraction of sp³-hybridized carbons (Fsp3) is 0.174. The quantitative estimate of drug-likeness (QED) is 0.330. The number of fused-ring (bicyclic) bond motifs is 1. The Morgan fingerprint density at radius 1 is 1.06 bits per heavy atom. The fourth-order valence-corrected chi connectivity index (χ4v) is 4.73. The first-order valence-corrected chi connectivity index (χ1v) is 11.5. The Balaban J connectivity index is 1.67. The van der Waals surface area contributed by atoms with Gasteiger partial charge in [0.15, 0.2) is 5.15 Å². The zero-order valence-corrected chi connectivity index (χ0v) is 18.3. The third-order valence-electron chi connectivity index (χ3n) is 5.09. The number of aliphatic hydroxyl groups excluding tert-OH is 1. The lowest BCUT2D eigenvalue weighted by atomic mass is 10.0. The average Bonchev–Trinajstić information content (AvgIpc) is 3.19. The van der Waals surface area contributed by atoms with Gasteiger partial charge in [0.1, 0.15) is 6.10 Å². The Labute approximate surface area is 185 Å². The number of nitrogens with zero attached hydrogens (tertiary/aromatic N) is 2. The van der Waals surface area contributed by atoms with Gasteiger partial charge in [0.25, 0.3) is 10.1 Å². The molecule has 0 aliphatic carbocycles. The Morgan fingerprint density at radius 3 is 2.48 bits per heavy atom. The minimum atomic E-state index is -4.01. The number of aliphatic hydroxyl groups is 1. The summed E-state index contributed by atoms with van der Waals surface area (Å²) in [4.78, 5) is 4.19. The molecule has 2 unspecified atom stereocenters. The average molecular weight is 457 g/mol. The van der Waals surface area contributed by atoms with E-state index in [1.54, 1.807) is 29.1 Å². The van der Waals surface area contributed by atoms with Crippen molar-refractivity contribution < 1.29 is 17.7 Å². The molecule has 2 aromatic carbocycles. The van der Waals surface area contributed by atoms with Crippen molar-refractivity contribution in [3.8, 4) is 0 Å². The standard InChI is InChI=1S/C23H21ClN2O4S/c1-16-7-9-19(10-8-16)31(28,29)30-15-20(27)21(17-5-3-2-4-6-17)26-14-12-18-11-13-25-23(24)22(18)26/h2-14,20-21,27H,15H2,1H3. The maximum Gasteiger partial charge on any atom is 0.297 e. The summed E-state index contributed by atoms with van der Waals surface area (Å²) in [6, 6.07) is 18.7. The van der Waals surface area contributed by atoms with Crippen LogP contribution >= 0.6 is 11.6 Å². The van der Waals surface area contributed by atoms with E-state index < -0.39 is 28.9 Å². The highest BCUT2D eigenvalue weighted by atomic mass is 35.5. The number of hydrogen-bond donors (Lipinski definition) is 1. The second kappa shape index (κ2) is 8.80. The SMILES string of the molecule is Cc1ccc(S(=O)(=O)OCC(O)C(c2ccccc2)n2ccc3ccnc(Cl)c32)cc1. The molecule has 2 aromatic heterocycles. The Bertz CT molecular complexity index is 1290. The predicted octanol–water partition coefficient (Wildman–Crippen LogP) is 4.35. The van der Waals surface area contributed by atoms with E-state index in [2.05, 4.69) is 4.98 Å². The summed E-state index contributed by atoms with van der Waals surface area (Å²) in [5, 5.41) is 12.2. The van der Waals surface area contributed by atoms with Crippen molar-refractivity contribution in [3.63, 3.8) is 0 Å². The smallest absolute Gasteiger partial charge is 0.297 e. The van der Waals surface area contributed by atoms with E-state index >= 15 is 0 Å². The van der Waals surface area contributed by atoms with Crippen molar-refractivity contribution in [1.82, 2.24) is 9.55 Å². The fourth-order valence-electron chi connectivity index (χ4n) is 3.54. The maximum absolute atomic E-state index is 12.6. The molecule has 8 heteroatoms. The zero-order valence-electron chi connectivity index (χ0n) is 16.7. The maximum atomic E-state index is 12.6. The van der Waals surface area contributed by atoms with E-state index in [1.165, 1.54) is 12.1 Å². The monoisotopic (exact) mass is 456 g/mol. The number of aryl methyl sites for hydroxylation is 1. The zero-order chi connectivity index (χ0) is 22.0. The van der Waals surface area contributed by atoms with Crippen molar-refractivity contribution in [2.24, 2.45) is 0 Å². The summed E-state index contributed by atoms with van der Waals surface area (Å²) >= 11 is 6.34. The summed E-state index contributed by atoms with van der Waals surface area (Å²) < 4.78 is 32.2. The molecule has 0 radical (unpaired) electrons. The molecular weight excluding hydrogens is 436 g/mol. The number of pyridine rings is 1. The van der Waals surface area contributed by atoms with E-state index in [-0.39, 0.29) is 4.90 Å². The molecule has 0 aliphatic heterocycles. The lowest BCUT2D eigenvalue weighted by Crippen LogP contribution is -2.30. The van der Waals surface area contributed by atoms with E-state index in [1.807, 2.05) is 49.4 Å². The number of hydrogen-bond acceptors (Lipinski definition) is 5. The largest absolute Gasteiger partial charge is 0.388 e. The molecule has 0 bridgehead atoms. The third kappa shape index (κ3) is 4.50. The van der Waals surface area contributed by atoms with Crippen molar-refractivity contribution in [2.75, 3.05) is 6.61 Å². The van der Waals surface area contributed by atoms with Gasteiger partial charge in [-0.05, 0) is 36.8 Å². The van der Waals surface area contributed by atoms with Gasteiger partial charge in [-0.2, -0.15) is 8.42 Å². The molecule has 0 amide bonds. The molecule has 0 saturated carbocycles. The molecule has 0 saturated heterocycles. The third-order valence-corrected chi connectivity index (χ3v) is 6.67. The summed E-state index contributed by atoms with van der Waals surface area (Å²) in [6.07, 6.45) is 2.24. The molecule has 2 heterocycles. The number of halogens is 1. The predicted molar refractivity (Wildman–Crippen MR) is 120 cm³/mol. The highest BCUT2D eigenvalue weighted by Crippen LogP contribution is 2.31. The van der Waals surface area contributed by atoms with Crippen LogP contribution in [0.3, 0.4) is 0 Å². The van der Waals surface area contributed by atoms with E-state index in [0.717, 1.165) is 16.5 Å². The summed E-state index contributed by atoms with van der Waals surface area (Å²) in [6.45, 7) is 1.44. The van der Waals surface area contributed by atoms with Crippen LogP contribution in [0.2, 0.25) is 5.15 Å². The van der Waals surface area contributed by atoms with Crippen molar-refractivity contribution in [1.29, 1.82) is 0 Å². The Hall–Kier alpha value is -2.71. The highest BCUT2D eigenvalue weighted by Gasteiger charge is 2.27. The van der Waals surface area contributed by atoms with Crippen LogP contribution in [0.4, 0.5) is 0 Å². The van der Waals surface area contributed by atoms with Crippen LogP contribution in [-0.2, 0) is 14.3 Å². The highest BCUT2D eigenvalue weighted by molar-refractivity contribution is 7.86. The first-order chi connectivity index (χ1) is 14.9. The van der Waals surface area contributed by atoms with Gasteiger partial charge in [-0.15, -0.1) is 0 Å². The molecule has 2 atom stereocenters. The van der Waals surface area contributed by atoms with Gasteiger partial charge in [-0.3, -0.25) is 4.18 Å². The molecular formula is C23H21ClN2O4S. The number of aromatic nitrogens is 2. The van der Waals surface area contributed by atoms with Crippen LogP contribution in [0.5, 0.6) is 0 Å². The second-order valence-electron chi connectivity index (χ2n) is 7.24. The van der Waals surface area contributed by atoms with Gasteiger partial charge in [-0.1, -0.05) is 59.6 Å². The molecule has 0 spiro atoms. The molecule has 1 N–H and O–H groups in total. The van der Waals surface area contributed by atoms with Gasteiger partial charge in [0.05, 0.1) is 23.1 Å². The lowest BCUT2D eigenvalue weighted by Gasteiger charge is -2.26. The Morgan fingerprint density at radius 2 is 1.77 bits per heavy atom. The normalized spacial score (nSPS) is 13.9. The van der Waals surface area contributed by atoms with Gasteiger partial charge >= 0.3 is 0 Å². The molecule has 0 aliphatic rings. The van der Waals surface area contributed by atoms with Gasteiger partial charge in [0, 0.05) is 17.8 Å². The van der Waals surface area contributed by atoms with Crippen LogP contribution in [-0.4, -0.2) is 35.8 Å². The molecule has 0 fully saturated rings. The molecule has 160 valence electrons. The van der Waals surface area contributed by atoms with Crippen molar-refractivity contribution >= 4 is 32.6 Å². The summed E-state index contributed by atoms with van der Waals surface area (Å²) in [7, 11) is -4.01. The van der Waals surface area contributed by atoms with Crippen LogP contribution in [0.25, 0.3) is 10.9 Å². The number of rotatable bonds is 7. The van der Waals surface area contributed by atoms with Crippen molar-refractivity contribution in [3.05, 3.63) is 95.4 Å². The minimum Gasteiger partial charge on any atom is -0.388 e. The van der Waals surface area contributed by atoms with Crippen LogP contribution < -0.4 is 0 Å². The van der Waals surface area contributed by atoms with Crippen LogP contribution in [0.15, 0.2) is 84.0 Å². The van der Waals surface area contributed by atoms with Crippen LogP contribution in [0, 0.1) is 6.92 Å². The lowest BCUT2D eigenvalue weighted by molar-refractivity contribution is 0.0785. The minimum absolute atomic E-state index is 0.0419. The first kappa shape index (κ1) is 21.5. The van der Waals surface area contributed by atoms with E-state index in [4.69, 9.17) is 15.8 Å². The summed E-state index contributed by atoms with van der Waals surface area (Å²) in [5.41, 5.74) is 2.37. The Kier molecular flexibility index (Phi) is 6.11.